The summed E-state index contributed by atoms with van der Waals surface area (Å²) >= 11 is 3.32. The largest absolute Gasteiger partial charge is 0.272 e. The third kappa shape index (κ3) is 3.10. The third-order valence-corrected chi connectivity index (χ3v) is 3.48. The lowest BCUT2D eigenvalue weighted by Crippen LogP contribution is -2.37. The Morgan fingerprint density at radius 3 is 2.67 bits per heavy atom. The van der Waals surface area contributed by atoms with Crippen molar-refractivity contribution in [1.29, 1.82) is 5.26 Å². The molecule has 2 aromatic carbocycles. The smallest absolute Gasteiger partial charge is 0.267 e. The Morgan fingerprint density at radius 2 is 2.05 bits per heavy atom. The van der Waals surface area contributed by atoms with Gasteiger partial charge in [0.2, 0.25) is 0 Å². The van der Waals surface area contributed by atoms with Crippen LogP contribution in [0.25, 0.3) is 0 Å². The first-order valence-electron chi connectivity index (χ1n) is 5.99. The number of hydrogen-bond acceptors (Lipinski definition) is 3. The van der Waals surface area contributed by atoms with Gasteiger partial charge in [-0.3, -0.25) is 4.79 Å². The fraction of sp³-hybridized carbons (Fsp3) is 0.0667. The van der Waals surface area contributed by atoms with Gasteiger partial charge in [-0.15, -0.1) is 0 Å². The van der Waals surface area contributed by atoms with Crippen LogP contribution in [0.4, 0.5) is 10.1 Å². The van der Waals surface area contributed by atoms with Gasteiger partial charge in [-0.25, -0.2) is 15.2 Å². The lowest BCUT2D eigenvalue weighted by atomic mass is 10.1. The number of nitrogens with zero attached hydrogens (tertiary/aromatic N) is 2. The molecule has 0 spiro atoms. The van der Waals surface area contributed by atoms with Crippen molar-refractivity contribution in [2.24, 2.45) is 5.84 Å². The zero-order valence-corrected chi connectivity index (χ0v) is 12.7. The molecule has 0 unspecified atom stereocenters. The summed E-state index contributed by atoms with van der Waals surface area (Å²) < 4.78 is 14.1. The third-order valence-electron chi connectivity index (χ3n) is 2.99. The molecule has 1 amide bonds. The first-order valence-corrected chi connectivity index (χ1v) is 6.78. The van der Waals surface area contributed by atoms with Gasteiger partial charge < -0.3 is 0 Å². The minimum absolute atomic E-state index is 0.164. The first kappa shape index (κ1) is 15.2. The van der Waals surface area contributed by atoms with Gasteiger partial charge in [0.25, 0.3) is 5.91 Å². The second-order valence-corrected chi connectivity index (χ2v) is 5.33. The van der Waals surface area contributed by atoms with Gasteiger partial charge in [0, 0.05) is 10.0 Å². The molecule has 0 bridgehead atoms. The number of nitrogens with two attached hydrogens (primary N) is 1. The molecule has 0 aliphatic heterocycles. The van der Waals surface area contributed by atoms with Gasteiger partial charge in [0.1, 0.15) is 11.9 Å². The monoisotopic (exact) mass is 347 g/mol. The van der Waals surface area contributed by atoms with Crippen LogP contribution in [0, 0.1) is 24.1 Å². The fourth-order valence-corrected chi connectivity index (χ4v) is 2.34. The van der Waals surface area contributed by atoms with Gasteiger partial charge in [0.15, 0.2) is 0 Å². The van der Waals surface area contributed by atoms with E-state index in [1.165, 1.54) is 12.1 Å². The van der Waals surface area contributed by atoms with E-state index in [1.54, 1.807) is 31.2 Å². The highest BCUT2D eigenvalue weighted by atomic mass is 79.9. The number of amides is 1. The van der Waals surface area contributed by atoms with Gasteiger partial charge in [-0.1, -0.05) is 15.9 Å². The zero-order valence-electron chi connectivity index (χ0n) is 11.1. The quantitative estimate of drug-likeness (QED) is 0.514. The van der Waals surface area contributed by atoms with E-state index in [2.05, 4.69) is 15.9 Å². The van der Waals surface area contributed by atoms with Gasteiger partial charge in [0.05, 0.1) is 11.3 Å². The van der Waals surface area contributed by atoms with Crippen LogP contribution < -0.4 is 10.9 Å². The molecule has 0 heterocycles. The molecule has 0 radical (unpaired) electrons. The number of hydrazine groups is 1. The highest BCUT2D eigenvalue weighted by Crippen LogP contribution is 2.21. The van der Waals surface area contributed by atoms with E-state index >= 15 is 0 Å². The predicted molar refractivity (Wildman–Crippen MR) is 81.0 cm³/mol. The average Bonchev–Trinajstić information content (AvgIpc) is 2.46. The second kappa shape index (κ2) is 6.04. The number of nitriles is 1. The number of halogens is 2. The van der Waals surface area contributed by atoms with Gasteiger partial charge >= 0.3 is 0 Å². The van der Waals surface area contributed by atoms with Crippen LogP contribution in [0.3, 0.4) is 0 Å². The average molecular weight is 348 g/mol. The summed E-state index contributed by atoms with van der Waals surface area (Å²) in [6, 6.07) is 10.6. The molecule has 0 fully saturated rings. The van der Waals surface area contributed by atoms with Crippen molar-refractivity contribution in [3.8, 4) is 6.07 Å². The van der Waals surface area contributed by atoms with Crippen molar-refractivity contribution in [1.82, 2.24) is 0 Å². The van der Waals surface area contributed by atoms with Crippen LogP contribution in [0.2, 0.25) is 0 Å². The van der Waals surface area contributed by atoms with Crippen LogP contribution in [0.15, 0.2) is 40.9 Å². The Labute approximate surface area is 129 Å². The lowest BCUT2D eigenvalue weighted by molar-refractivity contribution is 0.0986. The standard InChI is InChI=1S/C15H11BrFN3O/c1-9-6-11(16)2-4-13(9)15(21)20(19)12-3-5-14(17)10(7-12)8-18/h2-7H,19H2,1H3. The summed E-state index contributed by atoms with van der Waals surface area (Å²) in [4.78, 5) is 12.4. The zero-order chi connectivity index (χ0) is 15.6. The molecule has 0 saturated heterocycles. The summed E-state index contributed by atoms with van der Waals surface area (Å²) in [6.07, 6.45) is 0. The number of carbonyl (C=O) groups excluding carboxylic acids is 1. The van der Waals surface area contributed by atoms with Crippen molar-refractivity contribution in [3.63, 3.8) is 0 Å². The van der Waals surface area contributed by atoms with Crippen molar-refractivity contribution in [3.05, 3.63) is 63.4 Å². The van der Waals surface area contributed by atoms with Crippen LogP contribution in [-0.2, 0) is 0 Å². The van der Waals surface area contributed by atoms with E-state index in [0.717, 1.165) is 21.1 Å². The van der Waals surface area contributed by atoms with Crippen molar-refractivity contribution in [2.45, 2.75) is 6.92 Å². The topological polar surface area (TPSA) is 70.1 Å². The lowest BCUT2D eigenvalue weighted by Gasteiger charge is -2.18. The van der Waals surface area contributed by atoms with Crippen LogP contribution in [0.1, 0.15) is 21.5 Å². The fourth-order valence-electron chi connectivity index (χ4n) is 1.86. The molecule has 0 aromatic heterocycles. The molecule has 0 aliphatic rings. The summed E-state index contributed by atoms with van der Waals surface area (Å²) in [6.45, 7) is 1.79. The number of carbonyl (C=O) groups is 1. The molecular weight excluding hydrogens is 337 g/mol. The summed E-state index contributed by atoms with van der Waals surface area (Å²) in [7, 11) is 0. The Kier molecular flexibility index (Phi) is 4.36. The summed E-state index contributed by atoms with van der Waals surface area (Å²) in [5.74, 6) is 4.71. The second-order valence-electron chi connectivity index (χ2n) is 4.41. The molecule has 2 N–H and O–H groups in total. The molecule has 4 nitrogen and oxygen atoms in total. The number of rotatable bonds is 2. The molecule has 21 heavy (non-hydrogen) atoms. The van der Waals surface area contributed by atoms with Crippen LogP contribution >= 0.6 is 15.9 Å². The number of aryl methyl sites for hydroxylation is 1. The van der Waals surface area contributed by atoms with Gasteiger partial charge in [-0.2, -0.15) is 5.26 Å². The van der Waals surface area contributed by atoms with Crippen LogP contribution in [-0.4, -0.2) is 5.91 Å². The first-order chi connectivity index (χ1) is 9.93. The molecule has 6 heteroatoms. The number of benzene rings is 2. The molecule has 0 saturated carbocycles. The molecule has 0 atom stereocenters. The SMILES string of the molecule is Cc1cc(Br)ccc1C(=O)N(N)c1ccc(F)c(C#N)c1. The van der Waals surface area contributed by atoms with E-state index in [9.17, 15) is 9.18 Å². The normalized spacial score (nSPS) is 10.0. The Bertz CT molecular complexity index is 755. The van der Waals surface area contributed by atoms with E-state index in [0.29, 0.717) is 5.56 Å². The Morgan fingerprint density at radius 1 is 1.33 bits per heavy atom. The minimum Gasteiger partial charge on any atom is -0.267 e. The van der Waals surface area contributed by atoms with E-state index < -0.39 is 11.7 Å². The summed E-state index contributed by atoms with van der Waals surface area (Å²) in [5, 5.41) is 9.71. The molecule has 0 aliphatic carbocycles. The maximum Gasteiger partial charge on any atom is 0.272 e. The number of hydrogen-bond donors (Lipinski definition) is 1. The number of anilines is 1. The highest BCUT2D eigenvalue weighted by molar-refractivity contribution is 9.10. The Hall–Kier alpha value is -2.23. The van der Waals surface area contributed by atoms with Crippen LogP contribution in [0.5, 0.6) is 0 Å². The van der Waals surface area contributed by atoms with Crippen molar-refractivity contribution >= 4 is 27.5 Å². The molecule has 2 rings (SSSR count). The molecule has 2 aromatic rings. The summed E-state index contributed by atoms with van der Waals surface area (Å²) in [5.41, 5.74) is 1.28. The maximum atomic E-state index is 13.3. The van der Waals surface area contributed by atoms with Crippen molar-refractivity contribution < 1.29 is 9.18 Å². The van der Waals surface area contributed by atoms with E-state index in [4.69, 9.17) is 11.1 Å². The minimum atomic E-state index is -0.651. The highest BCUT2D eigenvalue weighted by Gasteiger charge is 2.17. The molecular formula is C15H11BrFN3O. The van der Waals surface area contributed by atoms with Gasteiger partial charge in [-0.05, 0) is 48.9 Å². The Balaban J connectivity index is 2.37. The molecule has 106 valence electrons. The maximum absolute atomic E-state index is 13.3. The predicted octanol–water partition coefficient (Wildman–Crippen LogP) is 3.29. The van der Waals surface area contributed by atoms with E-state index in [-0.39, 0.29) is 11.3 Å². The van der Waals surface area contributed by atoms with E-state index in [1.807, 2.05) is 0 Å². The van der Waals surface area contributed by atoms with Crippen molar-refractivity contribution in [2.75, 3.05) is 5.01 Å².